The predicted octanol–water partition coefficient (Wildman–Crippen LogP) is 6.22. The Balaban J connectivity index is 1.73. The smallest absolute Gasteiger partial charge is 0.248 e. The maximum atomic E-state index is 13.8. The molecule has 0 aliphatic heterocycles. The van der Waals surface area contributed by atoms with E-state index in [0.717, 1.165) is 43.2 Å². The maximum absolute atomic E-state index is 13.8. The molecule has 2 aromatic carbocycles. The number of halogens is 1. The van der Waals surface area contributed by atoms with E-state index in [-0.39, 0.29) is 30.1 Å². The van der Waals surface area contributed by atoms with E-state index >= 15 is 0 Å². The van der Waals surface area contributed by atoms with E-state index in [1.807, 2.05) is 41.1 Å². The Morgan fingerprint density at radius 2 is 1.71 bits per heavy atom. The van der Waals surface area contributed by atoms with Gasteiger partial charge in [0.1, 0.15) is 11.9 Å². The molecule has 0 spiro atoms. The Hall–Kier alpha value is -2.99. The molecule has 178 valence electrons. The Morgan fingerprint density at radius 1 is 1.00 bits per heavy atom. The fourth-order valence-corrected chi connectivity index (χ4v) is 5.24. The van der Waals surface area contributed by atoms with Crippen molar-refractivity contribution in [2.75, 3.05) is 4.90 Å². The summed E-state index contributed by atoms with van der Waals surface area (Å²) in [5.74, 6) is -0.772. The second-order valence-corrected chi connectivity index (χ2v) is 9.67. The SMILES string of the molecule is CCc1ccc(N(C(=O)Cc2ccsc2)[C@H](C(=O)NC2CCCCC2)c2ccc(F)cc2)cc1. The summed E-state index contributed by atoms with van der Waals surface area (Å²) < 4.78 is 13.8. The minimum Gasteiger partial charge on any atom is -0.351 e. The number of benzene rings is 2. The van der Waals surface area contributed by atoms with Gasteiger partial charge in [-0.3, -0.25) is 14.5 Å². The van der Waals surface area contributed by atoms with Gasteiger partial charge in [-0.05, 0) is 77.0 Å². The Kier molecular flexibility index (Phi) is 8.12. The van der Waals surface area contributed by atoms with E-state index < -0.39 is 6.04 Å². The summed E-state index contributed by atoms with van der Waals surface area (Å²) in [6.45, 7) is 2.08. The molecule has 0 radical (unpaired) electrons. The van der Waals surface area contributed by atoms with Crippen molar-refractivity contribution >= 4 is 28.8 Å². The van der Waals surface area contributed by atoms with Crippen molar-refractivity contribution in [2.24, 2.45) is 0 Å². The second-order valence-electron chi connectivity index (χ2n) is 8.89. The molecule has 1 saturated carbocycles. The number of carbonyl (C=O) groups is 2. The van der Waals surface area contributed by atoms with Crippen LogP contribution in [-0.2, 0) is 22.4 Å². The third-order valence-corrected chi connectivity index (χ3v) is 7.20. The van der Waals surface area contributed by atoms with Crippen molar-refractivity contribution in [1.82, 2.24) is 5.32 Å². The summed E-state index contributed by atoms with van der Waals surface area (Å²) >= 11 is 1.54. The Bertz CT molecular complexity index is 1070. The van der Waals surface area contributed by atoms with E-state index in [1.54, 1.807) is 17.0 Å². The molecule has 4 nitrogen and oxygen atoms in total. The second kappa shape index (κ2) is 11.4. The van der Waals surface area contributed by atoms with Gasteiger partial charge in [0.2, 0.25) is 11.8 Å². The van der Waals surface area contributed by atoms with Crippen molar-refractivity contribution in [2.45, 2.75) is 64.0 Å². The molecule has 1 aliphatic rings. The fraction of sp³-hybridized carbons (Fsp3) is 0.357. The monoisotopic (exact) mass is 478 g/mol. The van der Waals surface area contributed by atoms with Gasteiger partial charge in [-0.1, -0.05) is 50.5 Å². The molecule has 1 heterocycles. The summed E-state index contributed by atoms with van der Waals surface area (Å²) in [5, 5.41) is 7.08. The van der Waals surface area contributed by atoms with E-state index in [2.05, 4.69) is 12.2 Å². The molecule has 1 N–H and O–H groups in total. The molecule has 6 heteroatoms. The number of carbonyl (C=O) groups excluding carboxylic acids is 2. The maximum Gasteiger partial charge on any atom is 0.248 e. The highest BCUT2D eigenvalue weighted by atomic mass is 32.1. The van der Waals surface area contributed by atoms with Gasteiger partial charge in [0.25, 0.3) is 0 Å². The highest BCUT2D eigenvalue weighted by molar-refractivity contribution is 7.08. The Morgan fingerprint density at radius 3 is 2.32 bits per heavy atom. The summed E-state index contributed by atoms with van der Waals surface area (Å²) in [4.78, 5) is 29.1. The first kappa shape index (κ1) is 24.1. The van der Waals surface area contributed by atoms with Crippen LogP contribution in [0.4, 0.5) is 10.1 Å². The number of nitrogens with one attached hydrogen (secondary N) is 1. The number of hydrogen-bond acceptors (Lipinski definition) is 3. The number of anilines is 1. The minimum absolute atomic E-state index is 0.0977. The van der Waals surface area contributed by atoms with Gasteiger partial charge in [0.05, 0.1) is 6.42 Å². The van der Waals surface area contributed by atoms with Gasteiger partial charge >= 0.3 is 0 Å². The van der Waals surface area contributed by atoms with Gasteiger partial charge in [-0.2, -0.15) is 11.3 Å². The van der Waals surface area contributed by atoms with Crippen LogP contribution in [0.15, 0.2) is 65.4 Å². The lowest BCUT2D eigenvalue weighted by Crippen LogP contribution is -2.47. The topological polar surface area (TPSA) is 49.4 Å². The Labute approximate surface area is 204 Å². The zero-order valence-electron chi connectivity index (χ0n) is 19.5. The quantitative estimate of drug-likeness (QED) is 0.418. The normalized spacial score (nSPS) is 15.0. The van der Waals surface area contributed by atoms with E-state index in [0.29, 0.717) is 11.3 Å². The fourth-order valence-electron chi connectivity index (χ4n) is 4.57. The summed E-state index contributed by atoms with van der Waals surface area (Å²) in [6, 6.07) is 14.8. The van der Waals surface area contributed by atoms with Crippen LogP contribution in [-0.4, -0.2) is 17.9 Å². The van der Waals surface area contributed by atoms with E-state index in [1.165, 1.54) is 29.9 Å². The summed E-state index contributed by atoms with van der Waals surface area (Å²) in [5.41, 5.74) is 3.31. The van der Waals surface area contributed by atoms with E-state index in [4.69, 9.17) is 0 Å². The number of thiophene rings is 1. The van der Waals surface area contributed by atoms with Crippen molar-refractivity contribution in [3.05, 3.63) is 87.9 Å². The average Bonchev–Trinajstić information content (AvgIpc) is 3.37. The summed E-state index contributed by atoms with van der Waals surface area (Å²) in [6.07, 6.45) is 6.31. The first-order chi connectivity index (χ1) is 16.5. The molecular formula is C28H31FN2O2S. The molecule has 1 fully saturated rings. The molecule has 0 saturated heterocycles. The largest absolute Gasteiger partial charge is 0.351 e. The van der Waals surface area contributed by atoms with Crippen LogP contribution in [0, 0.1) is 5.82 Å². The van der Waals surface area contributed by atoms with Crippen LogP contribution in [0.25, 0.3) is 0 Å². The standard InChI is InChI=1S/C28H31FN2O2S/c1-2-20-8-14-25(15-9-20)31(26(32)18-21-16-17-34-19-21)27(22-10-12-23(29)13-11-22)28(33)30-24-6-4-3-5-7-24/h8-17,19,24,27H,2-7,18H2,1H3,(H,30,33)/t27-/m0/s1. The van der Waals surface area contributed by atoms with Gasteiger partial charge < -0.3 is 5.32 Å². The first-order valence-corrected chi connectivity index (χ1v) is 13.0. The number of hydrogen-bond donors (Lipinski definition) is 1. The zero-order chi connectivity index (χ0) is 23.9. The molecule has 34 heavy (non-hydrogen) atoms. The number of aryl methyl sites for hydroxylation is 1. The molecule has 1 aromatic heterocycles. The van der Waals surface area contributed by atoms with Crippen LogP contribution >= 0.6 is 11.3 Å². The highest BCUT2D eigenvalue weighted by Gasteiger charge is 2.34. The van der Waals surface area contributed by atoms with Gasteiger partial charge in [0.15, 0.2) is 0 Å². The molecule has 3 aromatic rings. The molecule has 4 rings (SSSR count). The third-order valence-electron chi connectivity index (χ3n) is 6.47. The van der Waals surface area contributed by atoms with Crippen LogP contribution < -0.4 is 10.2 Å². The zero-order valence-corrected chi connectivity index (χ0v) is 20.3. The predicted molar refractivity (Wildman–Crippen MR) is 135 cm³/mol. The lowest BCUT2D eigenvalue weighted by molar-refractivity contribution is -0.127. The van der Waals surface area contributed by atoms with Crippen molar-refractivity contribution < 1.29 is 14.0 Å². The van der Waals surface area contributed by atoms with Crippen LogP contribution in [0.2, 0.25) is 0 Å². The molecule has 1 atom stereocenters. The van der Waals surface area contributed by atoms with Gasteiger partial charge in [-0.25, -0.2) is 4.39 Å². The van der Waals surface area contributed by atoms with Crippen molar-refractivity contribution in [1.29, 1.82) is 0 Å². The number of nitrogens with zero attached hydrogens (tertiary/aromatic N) is 1. The number of rotatable bonds is 8. The van der Waals surface area contributed by atoms with Gasteiger partial charge in [0, 0.05) is 11.7 Å². The van der Waals surface area contributed by atoms with Crippen LogP contribution in [0.5, 0.6) is 0 Å². The lowest BCUT2D eigenvalue weighted by Gasteiger charge is -2.33. The van der Waals surface area contributed by atoms with Crippen LogP contribution in [0.3, 0.4) is 0 Å². The van der Waals surface area contributed by atoms with Crippen molar-refractivity contribution in [3.63, 3.8) is 0 Å². The van der Waals surface area contributed by atoms with E-state index in [9.17, 15) is 14.0 Å². The molecule has 1 aliphatic carbocycles. The minimum atomic E-state index is -0.888. The molecular weight excluding hydrogens is 447 g/mol. The van der Waals surface area contributed by atoms with Crippen LogP contribution in [0.1, 0.15) is 61.8 Å². The summed E-state index contributed by atoms with van der Waals surface area (Å²) in [7, 11) is 0. The first-order valence-electron chi connectivity index (χ1n) is 12.0. The third kappa shape index (κ3) is 5.92. The highest BCUT2D eigenvalue weighted by Crippen LogP contribution is 2.30. The molecule has 0 bridgehead atoms. The molecule has 2 amide bonds. The van der Waals surface area contributed by atoms with Gasteiger partial charge in [-0.15, -0.1) is 0 Å². The van der Waals surface area contributed by atoms with Crippen molar-refractivity contribution in [3.8, 4) is 0 Å². The average molecular weight is 479 g/mol. The lowest BCUT2D eigenvalue weighted by atomic mass is 9.94. The molecule has 0 unspecified atom stereocenters. The number of amides is 2.